The number of aromatic nitrogens is 3. The van der Waals surface area contributed by atoms with Gasteiger partial charge in [0.2, 0.25) is 11.4 Å². The largest absolute Gasteiger partial charge is 0.453 e. The topological polar surface area (TPSA) is 25.2 Å². The average Bonchev–Trinajstić information content (AvgIpc) is 3.71. The molecule has 1 atom stereocenters. The second-order valence-electron chi connectivity index (χ2n) is 12.7. The molecule has 0 amide bonds. The second kappa shape index (κ2) is 8.20. The van der Waals surface area contributed by atoms with Gasteiger partial charge in [-0.3, -0.25) is 0 Å². The van der Waals surface area contributed by atoms with Crippen molar-refractivity contribution < 1.29 is 14.0 Å². The maximum atomic E-state index is 6.66. The van der Waals surface area contributed by atoms with Crippen molar-refractivity contribution in [3.8, 4) is 50.7 Å². The zero-order valence-electron chi connectivity index (χ0n) is 25.4. The summed E-state index contributed by atoms with van der Waals surface area (Å²) in [4.78, 5) is 2.44. The van der Waals surface area contributed by atoms with E-state index in [9.17, 15) is 0 Å². The third-order valence-corrected chi connectivity index (χ3v) is 10.5. The summed E-state index contributed by atoms with van der Waals surface area (Å²) in [6.45, 7) is 4.52. The monoisotopic (exact) mass is 592 g/mol. The Labute approximate surface area is 266 Å². The van der Waals surface area contributed by atoms with Gasteiger partial charge in [0.05, 0.1) is 28.7 Å². The second-order valence-corrected chi connectivity index (χ2v) is 12.7. The molecule has 6 heterocycles. The first-order valence-corrected chi connectivity index (χ1v) is 15.9. The summed E-state index contributed by atoms with van der Waals surface area (Å²) < 4.78 is 14.1. The van der Waals surface area contributed by atoms with E-state index in [0.29, 0.717) is 0 Å². The summed E-state index contributed by atoms with van der Waals surface area (Å²) in [6.07, 6.45) is 4.60. The maximum absolute atomic E-state index is 6.66. The highest BCUT2D eigenvalue weighted by molar-refractivity contribution is 5.97. The molecule has 0 bridgehead atoms. The number of hydrogen-bond acceptors (Lipinski definition) is 2. The van der Waals surface area contributed by atoms with Gasteiger partial charge in [0.25, 0.3) is 0 Å². The van der Waals surface area contributed by atoms with E-state index in [1.165, 1.54) is 67.3 Å². The van der Waals surface area contributed by atoms with Gasteiger partial charge in [0, 0.05) is 19.1 Å². The number of benzene rings is 5. The van der Waals surface area contributed by atoms with Gasteiger partial charge >= 0.3 is 5.66 Å². The molecule has 0 saturated carbocycles. The number of ether oxygens (including phenoxy) is 1. The quantitative estimate of drug-likeness (QED) is 0.188. The fraction of sp³-hybridized carbons (Fsp3) is 0.0732. The number of hydrogen-bond donors (Lipinski definition) is 0. The number of fused-ring (bicyclic) bond motifs is 7. The van der Waals surface area contributed by atoms with Gasteiger partial charge in [-0.25, -0.2) is 0 Å². The van der Waals surface area contributed by atoms with Crippen LogP contribution in [-0.2, 0) is 5.66 Å². The highest BCUT2D eigenvalue weighted by atomic mass is 16.5. The Morgan fingerprint density at radius 3 is 2.33 bits per heavy atom. The first kappa shape index (κ1) is 24.4. The molecule has 0 fully saturated rings. The minimum absolute atomic E-state index is 0.616. The summed E-state index contributed by atoms with van der Waals surface area (Å²) in [7, 11) is 0. The molecule has 0 N–H and O–H groups in total. The van der Waals surface area contributed by atoms with E-state index in [1.54, 1.807) is 0 Å². The molecule has 46 heavy (non-hydrogen) atoms. The lowest BCUT2D eigenvalue weighted by Crippen LogP contribution is -2.74. The van der Waals surface area contributed by atoms with E-state index in [2.05, 4.69) is 160 Å². The number of rotatable bonds is 2. The first-order valence-electron chi connectivity index (χ1n) is 15.9. The standard InChI is InChI=1S/C41H28N4O/c1-25-23-28(27-11-4-3-5-12-27)18-19-29(25)31-24-43-34-20-21-37-40-39(34)41(45(43)26(31)2)38-30(32-14-8-9-22-42(32)41)13-10-16-35(38)44(40)33-15-6-7-17-36(33)46-37/h3-24H,1-2H3/q+2. The highest BCUT2D eigenvalue weighted by Gasteiger charge is 2.73. The van der Waals surface area contributed by atoms with Crippen LogP contribution >= 0.6 is 0 Å². The molecule has 0 radical (unpaired) electrons. The van der Waals surface area contributed by atoms with Gasteiger partial charge in [0.1, 0.15) is 16.9 Å². The van der Waals surface area contributed by atoms with Gasteiger partial charge in [-0.2, -0.15) is 0 Å². The van der Waals surface area contributed by atoms with Crippen molar-refractivity contribution in [3.63, 3.8) is 0 Å². The first-order chi connectivity index (χ1) is 22.7. The van der Waals surface area contributed by atoms with Crippen molar-refractivity contribution in [1.82, 2.24) is 4.68 Å². The number of para-hydroxylation sites is 2. The molecule has 4 aliphatic heterocycles. The zero-order valence-corrected chi connectivity index (χ0v) is 25.4. The molecule has 11 rings (SSSR count). The minimum Gasteiger partial charge on any atom is -0.453 e. The number of anilines is 3. The van der Waals surface area contributed by atoms with Crippen LogP contribution in [0.1, 0.15) is 22.4 Å². The Kier molecular flexibility index (Phi) is 4.35. The average molecular weight is 593 g/mol. The molecule has 5 aromatic carbocycles. The lowest BCUT2D eigenvalue weighted by molar-refractivity contribution is -0.989. The van der Waals surface area contributed by atoms with Crippen LogP contribution in [0.3, 0.4) is 0 Å². The molecular formula is C41H28N4O+2. The van der Waals surface area contributed by atoms with Crippen molar-refractivity contribution in [3.05, 3.63) is 156 Å². The van der Waals surface area contributed by atoms with E-state index in [-0.39, 0.29) is 0 Å². The van der Waals surface area contributed by atoms with Crippen LogP contribution in [0.4, 0.5) is 17.1 Å². The molecule has 7 aromatic rings. The lowest BCUT2D eigenvalue weighted by atomic mass is 9.82. The van der Waals surface area contributed by atoms with Crippen LogP contribution in [0.25, 0.3) is 39.2 Å². The third-order valence-electron chi connectivity index (χ3n) is 10.5. The van der Waals surface area contributed by atoms with Crippen molar-refractivity contribution in [2.24, 2.45) is 0 Å². The Morgan fingerprint density at radius 1 is 0.609 bits per heavy atom. The highest BCUT2D eigenvalue weighted by Crippen LogP contribution is 2.63. The van der Waals surface area contributed by atoms with Crippen molar-refractivity contribution in [2.75, 3.05) is 4.90 Å². The van der Waals surface area contributed by atoms with Gasteiger partial charge in [0.15, 0.2) is 23.3 Å². The van der Waals surface area contributed by atoms with E-state index in [1.807, 2.05) is 6.07 Å². The molecular weight excluding hydrogens is 564 g/mol. The molecule has 0 aliphatic carbocycles. The van der Waals surface area contributed by atoms with Crippen molar-refractivity contribution >= 4 is 17.1 Å². The minimum atomic E-state index is -0.616. The molecule has 216 valence electrons. The summed E-state index contributed by atoms with van der Waals surface area (Å²) in [6, 6.07) is 43.6. The molecule has 0 saturated heterocycles. The van der Waals surface area contributed by atoms with Crippen LogP contribution in [-0.4, -0.2) is 4.68 Å². The van der Waals surface area contributed by atoms with E-state index >= 15 is 0 Å². The fourth-order valence-corrected chi connectivity index (χ4v) is 8.71. The van der Waals surface area contributed by atoms with Crippen LogP contribution < -0.4 is 18.9 Å². The van der Waals surface area contributed by atoms with Crippen molar-refractivity contribution in [2.45, 2.75) is 19.5 Å². The number of nitrogens with zero attached hydrogens (tertiary/aromatic N) is 4. The predicted molar refractivity (Wildman–Crippen MR) is 178 cm³/mol. The molecule has 1 unspecified atom stereocenters. The van der Waals surface area contributed by atoms with E-state index in [0.717, 1.165) is 22.9 Å². The molecule has 4 aliphatic rings. The number of aryl methyl sites for hydroxylation is 1. The van der Waals surface area contributed by atoms with Gasteiger partial charge in [-0.05, 0) is 76.3 Å². The van der Waals surface area contributed by atoms with Crippen LogP contribution in [0.2, 0.25) is 0 Å². The Morgan fingerprint density at radius 2 is 1.43 bits per heavy atom. The Bertz CT molecular complexity index is 2490. The number of pyridine rings is 1. The van der Waals surface area contributed by atoms with Crippen LogP contribution in [0.15, 0.2) is 134 Å². The normalized spacial score (nSPS) is 16.7. The fourth-order valence-electron chi connectivity index (χ4n) is 8.71. The molecule has 1 spiro atoms. The zero-order chi connectivity index (χ0) is 30.3. The van der Waals surface area contributed by atoms with Gasteiger partial charge < -0.3 is 9.64 Å². The Hall–Kier alpha value is -5.94. The van der Waals surface area contributed by atoms with Crippen LogP contribution in [0, 0.1) is 13.8 Å². The van der Waals surface area contributed by atoms with Gasteiger partial charge in [-0.1, -0.05) is 66.7 Å². The van der Waals surface area contributed by atoms with Gasteiger partial charge in [-0.15, -0.1) is 9.25 Å². The Balaban J connectivity index is 1.24. The smallest absolute Gasteiger partial charge is 0.444 e. The lowest BCUT2D eigenvalue weighted by Gasteiger charge is -2.38. The van der Waals surface area contributed by atoms with E-state index < -0.39 is 5.66 Å². The molecule has 5 heteroatoms. The van der Waals surface area contributed by atoms with Crippen molar-refractivity contribution in [1.29, 1.82) is 0 Å². The summed E-state index contributed by atoms with van der Waals surface area (Å²) in [5.41, 5.74) is 16.4. The maximum Gasteiger partial charge on any atom is 0.444 e. The third kappa shape index (κ3) is 2.66. The van der Waals surface area contributed by atoms with E-state index in [4.69, 9.17) is 4.74 Å². The molecule has 2 aromatic heterocycles. The SMILES string of the molecule is Cc1cc(-c2ccccc2)ccc1-c1cn2[n+](c1C)C13c4c(cccc4N4c5ccccc5Oc5ccc-2c1c54)-c1cccc[n+]13. The summed E-state index contributed by atoms with van der Waals surface area (Å²) >= 11 is 0. The predicted octanol–water partition coefficient (Wildman–Crippen LogP) is 8.48. The summed E-state index contributed by atoms with van der Waals surface area (Å²) in [5.74, 6) is 1.76. The van der Waals surface area contributed by atoms with Crippen LogP contribution in [0.5, 0.6) is 11.5 Å². The molecule has 5 nitrogen and oxygen atoms in total. The summed E-state index contributed by atoms with van der Waals surface area (Å²) in [5, 5.41) is 0.